The molecular formula is C13H10BrFN2O2. The van der Waals surface area contributed by atoms with Crippen LogP contribution < -0.4 is 5.32 Å². The van der Waals surface area contributed by atoms with Crippen molar-refractivity contribution >= 4 is 27.3 Å². The summed E-state index contributed by atoms with van der Waals surface area (Å²) in [4.78, 5) is 10.5. The summed E-state index contributed by atoms with van der Waals surface area (Å²) in [5.41, 5.74) is 0.814. The van der Waals surface area contributed by atoms with Gasteiger partial charge in [-0.25, -0.2) is 4.39 Å². The number of nitrogens with zero attached hydrogens (tertiary/aromatic N) is 1. The van der Waals surface area contributed by atoms with Crippen LogP contribution in [0.5, 0.6) is 0 Å². The first-order valence-electron chi connectivity index (χ1n) is 5.49. The molecule has 0 aromatic heterocycles. The van der Waals surface area contributed by atoms with Crippen molar-refractivity contribution in [3.8, 4) is 0 Å². The number of nitrogens with one attached hydrogen (secondary N) is 1. The molecule has 0 spiro atoms. The van der Waals surface area contributed by atoms with Gasteiger partial charge in [-0.15, -0.1) is 0 Å². The van der Waals surface area contributed by atoms with Crippen molar-refractivity contribution in [1.82, 2.24) is 0 Å². The third kappa shape index (κ3) is 3.29. The van der Waals surface area contributed by atoms with Gasteiger partial charge in [-0.3, -0.25) is 10.1 Å². The van der Waals surface area contributed by atoms with Gasteiger partial charge in [0.25, 0.3) is 5.69 Å². The Morgan fingerprint density at radius 1 is 1.26 bits per heavy atom. The SMILES string of the molecule is O=[N+]([O-])c1cc(Br)ccc1CNc1ccccc1F. The first-order chi connectivity index (χ1) is 9.08. The first kappa shape index (κ1) is 13.5. The third-order valence-corrected chi connectivity index (χ3v) is 3.08. The molecule has 0 aliphatic carbocycles. The van der Waals surface area contributed by atoms with Crippen molar-refractivity contribution in [3.63, 3.8) is 0 Å². The Hall–Kier alpha value is -1.95. The van der Waals surface area contributed by atoms with Gasteiger partial charge in [-0.1, -0.05) is 28.1 Å². The Labute approximate surface area is 117 Å². The number of nitro benzene ring substituents is 1. The van der Waals surface area contributed by atoms with E-state index in [0.717, 1.165) is 0 Å². The first-order valence-corrected chi connectivity index (χ1v) is 6.28. The summed E-state index contributed by atoms with van der Waals surface area (Å²) < 4.78 is 14.0. The molecule has 6 heteroatoms. The van der Waals surface area contributed by atoms with E-state index < -0.39 is 4.92 Å². The number of rotatable bonds is 4. The van der Waals surface area contributed by atoms with Gasteiger partial charge in [0.15, 0.2) is 0 Å². The fraction of sp³-hybridized carbons (Fsp3) is 0.0769. The zero-order chi connectivity index (χ0) is 13.8. The highest BCUT2D eigenvalue weighted by atomic mass is 79.9. The van der Waals surface area contributed by atoms with E-state index in [1.54, 1.807) is 30.3 Å². The molecule has 0 aliphatic rings. The van der Waals surface area contributed by atoms with Crippen molar-refractivity contribution in [1.29, 1.82) is 0 Å². The Morgan fingerprint density at radius 2 is 2.00 bits per heavy atom. The summed E-state index contributed by atoms with van der Waals surface area (Å²) in [6, 6.07) is 11.0. The van der Waals surface area contributed by atoms with E-state index in [0.29, 0.717) is 15.7 Å². The van der Waals surface area contributed by atoms with Gasteiger partial charge in [0.2, 0.25) is 0 Å². The molecule has 0 fully saturated rings. The highest BCUT2D eigenvalue weighted by Gasteiger charge is 2.14. The molecule has 0 aliphatic heterocycles. The Kier molecular flexibility index (Phi) is 4.11. The molecule has 0 radical (unpaired) electrons. The molecule has 19 heavy (non-hydrogen) atoms. The minimum atomic E-state index is -0.455. The predicted octanol–water partition coefficient (Wildman–Crippen LogP) is 4.11. The molecule has 0 unspecified atom stereocenters. The highest BCUT2D eigenvalue weighted by Crippen LogP contribution is 2.24. The molecule has 2 rings (SSSR count). The van der Waals surface area contributed by atoms with E-state index >= 15 is 0 Å². The maximum absolute atomic E-state index is 13.4. The summed E-state index contributed by atoms with van der Waals surface area (Å²) >= 11 is 3.19. The second kappa shape index (κ2) is 5.79. The molecule has 98 valence electrons. The van der Waals surface area contributed by atoms with Crippen LogP contribution in [0.3, 0.4) is 0 Å². The van der Waals surface area contributed by atoms with Crippen molar-refractivity contribution in [3.05, 3.63) is 68.4 Å². The van der Waals surface area contributed by atoms with E-state index in [4.69, 9.17) is 0 Å². The minimum Gasteiger partial charge on any atom is -0.378 e. The third-order valence-electron chi connectivity index (χ3n) is 2.59. The van der Waals surface area contributed by atoms with Crippen LogP contribution in [0.25, 0.3) is 0 Å². The summed E-state index contributed by atoms with van der Waals surface area (Å²) in [5, 5.41) is 13.8. The Morgan fingerprint density at radius 3 is 2.68 bits per heavy atom. The van der Waals surface area contributed by atoms with Gasteiger partial charge < -0.3 is 5.32 Å². The van der Waals surface area contributed by atoms with E-state index in [-0.39, 0.29) is 18.0 Å². The quantitative estimate of drug-likeness (QED) is 0.680. The molecule has 0 saturated carbocycles. The van der Waals surface area contributed by atoms with Gasteiger partial charge in [0.1, 0.15) is 5.82 Å². The lowest BCUT2D eigenvalue weighted by Crippen LogP contribution is -2.04. The van der Waals surface area contributed by atoms with Crippen molar-refractivity contribution in [2.45, 2.75) is 6.54 Å². The molecule has 1 N–H and O–H groups in total. The zero-order valence-electron chi connectivity index (χ0n) is 9.77. The standard InChI is InChI=1S/C13H10BrFN2O2/c14-10-6-5-9(13(7-10)17(18)19)8-16-12-4-2-1-3-11(12)15/h1-7,16H,8H2. The van der Waals surface area contributed by atoms with E-state index in [1.165, 1.54) is 12.1 Å². The van der Waals surface area contributed by atoms with Gasteiger partial charge in [-0.05, 0) is 24.3 Å². The van der Waals surface area contributed by atoms with Crippen molar-refractivity contribution in [2.75, 3.05) is 5.32 Å². The number of benzene rings is 2. The zero-order valence-corrected chi connectivity index (χ0v) is 11.4. The van der Waals surface area contributed by atoms with Crippen LogP contribution >= 0.6 is 15.9 Å². The number of halogens is 2. The maximum Gasteiger partial charge on any atom is 0.275 e. The molecule has 0 bridgehead atoms. The Bertz CT molecular complexity index is 619. The molecule has 0 heterocycles. The number of anilines is 1. The highest BCUT2D eigenvalue weighted by molar-refractivity contribution is 9.10. The summed E-state index contributed by atoms with van der Waals surface area (Å²) in [7, 11) is 0. The molecular weight excluding hydrogens is 315 g/mol. The smallest absolute Gasteiger partial charge is 0.275 e. The summed E-state index contributed by atoms with van der Waals surface area (Å²) in [5.74, 6) is -0.387. The van der Waals surface area contributed by atoms with Crippen LogP contribution in [0.4, 0.5) is 15.8 Å². The summed E-state index contributed by atoms with van der Waals surface area (Å²) in [6.07, 6.45) is 0. The fourth-order valence-corrected chi connectivity index (χ4v) is 2.00. The largest absolute Gasteiger partial charge is 0.378 e. The molecule has 2 aromatic carbocycles. The lowest BCUT2D eigenvalue weighted by Gasteiger charge is -2.08. The number of para-hydroxylation sites is 1. The van der Waals surface area contributed by atoms with Gasteiger partial charge in [0.05, 0.1) is 10.6 Å². The monoisotopic (exact) mass is 324 g/mol. The average molecular weight is 325 g/mol. The van der Waals surface area contributed by atoms with Gasteiger partial charge in [-0.2, -0.15) is 0 Å². The average Bonchev–Trinajstić information content (AvgIpc) is 2.38. The lowest BCUT2D eigenvalue weighted by atomic mass is 10.1. The van der Waals surface area contributed by atoms with Crippen LogP contribution in [-0.4, -0.2) is 4.92 Å². The second-order valence-electron chi connectivity index (χ2n) is 3.86. The minimum absolute atomic E-state index is 0.00165. The van der Waals surface area contributed by atoms with Gasteiger partial charge >= 0.3 is 0 Å². The molecule has 2 aromatic rings. The summed E-state index contributed by atoms with van der Waals surface area (Å²) in [6.45, 7) is 0.185. The van der Waals surface area contributed by atoms with E-state index in [2.05, 4.69) is 21.2 Å². The van der Waals surface area contributed by atoms with Crippen LogP contribution in [0.1, 0.15) is 5.56 Å². The molecule has 0 amide bonds. The number of hydrogen-bond donors (Lipinski definition) is 1. The number of nitro groups is 1. The van der Waals surface area contributed by atoms with Crippen molar-refractivity contribution in [2.24, 2.45) is 0 Å². The predicted molar refractivity (Wildman–Crippen MR) is 74.5 cm³/mol. The Balaban J connectivity index is 2.20. The molecule has 0 saturated heterocycles. The van der Waals surface area contributed by atoms with E-state index in [1.807, 2.05) is 0 Å². The van der Waals surface area contributed by atoms with E-state index in [9.17, 15) is 14.5 Å². The second-order valence-corrected chi connectivity index (χ2v) is 4.78. The lowest BCUT2D eigenvalue weighted by molar-refractivity contribution is -0.385. The molecule has 0 atom stereocenters. The molecule has 4 nitrogen and oxygen atoms in total. The van der Waals surface area contributed by atoms with Crippen LogP contribution in [-0.2, 0) is 6.54 Å². The van der Waals surface area contributed by atoms with Crippen LogP contribution in [0.2, 0.25) is 0 Å². The topological polar surface area (TPSA) is 55.2 Å². The van der Waals surface area contributed by atoms with Crippen LogP contribution in [0, 0.1) is 15.9 Å². The maximum atomic E-state index is 13.4. The fourth-order valence-electron chi connectivity index (χ4n) is 1.65. The van der Waals surface area contributed by atoms with Gasteiger partial charge in [0, 0.05) is 22.6 Å². The normalized spacial score (nSPS) is 10.2. The van der Waals surface area contributed by atoms with Crippen molar-refractivity contribution < 1.29 is 9.31 Å². The number of hydrogen-bond acceptors (Lipinski definition) is 3. The van der Waals surface area contributed by atoms with Crippen LogP contribution in [0.15, 0.2) is 46.9 Å².